The topological polar surface area (TPSA) is 84.7 Å². The molecule has 1 saturated heterocycles. The van der Waals surface area contributed by atoms with Gasteiger partial charge >= 0.3 is 0 Å². The first-order valence-corrected chi connectivity index (χ1v) is 13.5. The number of imidazole rings is 1. The number of ether oxygens (including phenoxy) is 1. The lowest BCUT2D eigenvalue weighted by atomic mass is 9.95. The number of hydrogen-bond acceptors (Lipinski definition) is 5. The standard InChI is InChI=1S/C31H28BrN3O4/c1-21-5-2-6-22(17-21)19-39-26-11-9-23(10-12-26)29(36)27-28(24-7-3-8-25(32)18-24)35(31(38)30(27)37)15-4-14-34-16-13-33-20-34/h2-3,5-13,16-18,20,28,36H,4,14-15,19H2,1H3/b29-27+. The van der Waals surface area contributed by atoms with Crippen LogP contribution in [0.4, 0.5) is 0 Å². The molecular weight excluding hydrogens is 558 g/mol. The van der Waals surface area contributed by atoms with Gasteiger partial charge in [0.1, 0.15) is 18.1 Å². The monoisotopic (exact) mass is 585 g/mol. The fourth-order valence-electron chi connectivity index (χ4n) is 4.81. The number of carbonyl (C=O) groups excluding carboxylic acids is 2. The zero-order chi connectivity index (χ0) is 27.4. The van der Waals surface area contributed by atoms with E-state index < -0.39 is 17.7 Å². The molecule has 198 valence electrons. The Balaban J connectivity index is 1.41. The third-order valence-electron chi connectivity index (χ3n) is 6.69. The number of ketones is 1. The van der Waals surface area contributed by atoms with Crippen LogP contribution in [0.5, 0.6) is 5.75 Å². The fraction of sp³-hybridized carbons (Fsp3) is 0.194. The van der Waals surface area contributed by atoms with Gasteiger partial charge in [-0.3, -0.25) is 9.59 Å². The molecule has 1 aliphatic heterocycles. The zero-order valence-corrected chi connectivity index (χ0v) is 23.0. The van der Waals surface area contributed by atoms with Crippen molar-refractivity contribution in [3.63, 3.8) is 0 Å². The van der Waals surface area contributed by atoms with Crippen LogP contribution in [-0.2, 0) is 22.7 Å². The molecule has 0 aliphatic carbocycles. The Morgan fingerprint density at radius 3 is 2.54 bits per heavy atom. The van der Waals surface area contributed by atoms with E-state index in [2.05, 4.69) is 27.0 Å². The Hall–Kier alpha value is -4.17. The lowest BCUT2D eigenvalue weighted by Crippen LogP contribution is -2.31. The minimum atomic E-state index is -0.706. The van der Waals surface area contributed by atoms with Gasteiger partial charge in [0.15, 0.2) is 0 Å². The lowest BCUT2D eigenvalue weighted by molar-refractivity contribution is -0.139. The average molecular weight is 586 g/mol. The van der Waals surface area contributed by atoms with Crippen molar-refractivity contribution in [2.24, 2.45) is 0 Å². The molecule has 1 amide bonds. The van der Waals surface area contributed by atoms with E-state index in [0.29, 0.717) is 37.4 Å². The summed E-state index contributed by atoms with van der Waals surface area (Å²) in [4.78, 5) is 32.1. The number of benzene rings is 3. The van der Waals surface area contributed by atoms with E-state index in [4.69, 9.17) is 4.74 Å². The summed E-state index contributed by atoms with van der Waals surface area (Å²) in [6, 6.07) is 21.7. The number of carbonyl (C=O) groups is 2. The summed E-state index contributed by atoms with van der Waals surface area (Å²) in [5.41, 5.74) is 3.48. The molecule has 1 aliphatic rings. The average Bonchev–Trinajstić information content (AvgIpc) is 3.54. The van der Waals surface area contributed by atoms with Crippen molar-refractivity contribution in [3.05, 3.63) is 124 Å². The third-order valence-corrected chi connectivity index (χ3v) is 7.19. The predicted molar refractivity (Wildman–Crippen MR) is 152 cm³/mol. The number of aliphatic hydroxyl groups excluding tert-OH is 1. The number of Topliss-reactive ketones (excluding diaryl/α,β-unsaturated/α-hetero) is 1. The molecule has 0 saturated carbocycles. The molecule has 7 nitrogen and oxygen atoms in total. The number of nitrogens with zero attached hydrogens (tertiary/aromatic N) is 3. The first-order chi connectivity index (χ1) is 18.9. The number of likely N-dealkylation sites (tertiary alicyclic amines) is 1. The molecule has 5 rings (SSSR count). The molecule has 1 aromatic heterocycles. The highest BCUT2D eigenvalue weighted by Crippen LogP contribution is 2.40. The second-order valence-corrected chi connectivity index (χ2v) is 10.4. The highest BCUT2D eigenvalue weighted by molar-refractivity contribution is 9.10. The van der Waals surface area contributed by atoms with E-state index in [0.717, 1.165) is 21.2 Å². The second kappa shape index (κ2) is 11.7. The first-order valence-electron chi connectivity index (χ1n) is 12.7. The molecule has 8 heteroatoms. The van der Waals surface area contributed by atoms with E-state index >= 15 is 0 Å². The largest absolute Gasteiger partial charge is 0.507 e. The normalized spacial score (nSPS) is 16.6. The minimum Gasteiger partial charge on any atom is -0.507 e. The number of hydrogen-bond donors (Lipinski definition) is 1. The molecule has 39 heavy (non-hydrogen) atoms. The molecule has 4 aromatic rings. The molecular formula is C31H28BrN3O4. The van der Waals surface area contributed by atoms with E-state index in [1.807, 2.05) is 60.2 Å². The van der Waals surface area contributed by atoms with Crippen molar-refractivity contribution in [2.45, 2.75) is 32.5 Å². The van der Waals surface area contributed by atoms with Gasteiger partial charge in [0.2, 0.25) is 0 Å². The van der Waals surface area contributed by atoms with Gasteiger partial charge in [-0.25, -0.2) is 4.98 Å². The number of aryl methyl sites for hydroxylation is 2. The smallest absolute Gasteiger partial charge is 0.295 e. The fourth-order valence-corrected chi connectivity index (χ4v) is 5.23. The van der Waals surface area contributed by atoms with Crippen LogP contribution in [0.3, 0.4) is 0 Å². The number of halogens is 1. The number of aliphatic hydroxyl groups is 1. The van der Waals surface area contributed by atoms with Crippen LogP contribution in [0, 0.1) is 6.92 Å². The van der Waals surface area contributed by atoms with Crippen molar-refractivity contribution in [3.8, 4) is 5.75 Å². The van der Waals surface area contributed by atoms with Crippen LogP contribution in [0.1, 0.15) is 34.7 Å². The highest BCUT2D eigenvalue weighted by Gasteiger charge is 2.45. The molecule has 1 unspecified atom stereocenters. The van der Waals surface area contributed by atoms with Gasteiger partial charge < -0.3 is 19.3 Å². The van der Waals surface area contributed by atoms with Gasteiger partial charge in [-0.2, -0.15) is 0 Å². The number of aromatic nitrogens is 2. The minimum absolute atomic E-state index is 0.0779. The molecule has 1 atom stereocenters. The van der Waals surface area contributed by atoms with Crippen LogP contribution in [-0.4, -0.2) is 37.8 Å². The highest BCUT2D eigenvalue weighted by atomic mass is 79.9. The lowest BCUT2D eigenvalue weighted by Gasteiger charge is -2.25. The summed E-state index contributed by atoms with van der Waals surface area (Å²) in [6.45, 7) is 3.45. The number of rotatable bonds is 9. The van der Waals surface area contributed by atoms with E-state index in [1.165, 1.54) is 0 Å². The van der Waals surface area contributed by atoms with Gasteiger partial charge in [0.05, 0.1) is 17.9 Å². The summed E-state index contributed by atoms with van der Waals surface area (Å²) in [7, 11) is 0. The van der Waals surface area contributed by atoms with E-state index in [1.54, 1.807) is 41.7 Å². The maximum atomic E-state index is 13.3. The Morgan fingerprint density at radius 2 is 1.82 bits per heavy atom. The predicted octanol–water partition coefficient (Wildman–Crippen LogP) is 6.05. The molecule has 0 bridgehead atoms. The summed E-state index contributed by atoms with van der Waals surface area (Å²) >= 11 is 3.49. The van der Waals surface area contributed by atoms with Crippen molar-refractivity contribution >= 4 is 33.4 Å². The SMILES string of the molecule is Cc1cccc(COc2ccc(/C(O)=C3\C(=O)C(=O)N(CCCn4ccnc4)C3c3cccc(Br)c3)cc2)c1. The van der Waals surface area contributed by atoms with Gasteiger partial charge in [-0.15, -0.1) is 0 Å². The van der Waals surface area contributed by atoms with Crippen LogP contribution < -0.4 is 4.74 Å². The van der Waals surface area contributed by atoms with Crippen LogP contribution in [0.2, 0.25) is 0 Å². The summed E-state index contributed by atoms with van der Waals surface area (Å²) in [6.07, 6.45) is 5.90. The van der Waals surface area contributed by atoms with Gasteiger partial charge in [0.25, 0.3) is 11.7 Å². The van der Waals surface area contributed by atoms with Gasteiger partial charge in [-0.05, 0) is 60.9 Å². The number of amides is 1. The Morgan fingerprint density at radius 1 is 1.03 bits per heavy atom. The molecule has 3 aromatic carbocycles. The maximum Gasteiger partial charge on any atom is 0.295 e. The van der Waals surface area contributed by atoms with E-state index in [9.17, 15) is 14.7 Å². The third kappa shape index (κ3) is 5.96. The summed E-state index contributed by atoms with van der Waals surface area (Å²) in [5, 5.41) is 11.3. The van der Waals surface area contributed by atoms with E-state index in [-0.39, 0.29) is 11.3 Å². The quantitative estimate of drug-likeness (QED) is 0.147. The Kier molecular flexibility index (Phi) is 7.93. The van der Waals surface area contributed by atoms with Crippen LogP contribution in [0.25, 0.3) is 5.76 Å². The van der Waals surface area contributed by atoms with Crippen molar-refractivity contribution < 1.29 is 19.4 Å². The molecule has 1 fully saturated rings. The molecule has 0 radical (unpaired) electrons. The van der Waals surface area contributed by atoms with Gasteiger partial charge in [-0.1, -0.05) is 57.9 Å². The van der Waals surface area contributed by atoms with Gasteiger partial charge in [0, 0.05) is 35.5 Å². The Bertz CT molecular complexity index is 1510. The molecule has 2 heterocycles. The molecule has 0 spiro atoms. The van der Waals surface area contributed by atoms with Crippen LogP contribution in [0.15, 0.2) is 102 Å². The summed E-state index contributed by atoms with van der Waals surface area (Å²) in [5.74, 6) is -0.887. The van der Waals surface area contributed by atoms with Crippen molar-refractivity contribution in [1.29, 1.82) is 0 Å². The molecule has 1 N–H and O–H groups in total. The van der Waals surface area contributed by atoms with Crippen molar-refractivity contribution in [2.75, 3.05) is 6.54 Å². The zero-order valence-electron chi connectivity index (χ0n) is 21.5. The second-order valence-electron chi connectivity index (χ2n) is 9.50. The van der Waals surface area contributed by atoms with Crippen molar-refractivity contribution in [1.82, 2.24) is 14.5 Å². The maximum absolute atomic E-state index is 13.3. The Labute approximate surface area is 235 Å². The first kappa shape index (κ1) is 26.4. The van der Waals surface area contributed by atoms with Crippen LogP contribution >= 0.6 is 15.9 Å². The summed E-state index contributed by atoms with van der Waals surface area (Å²) < 4.78 is 8.64.